The Balaban J connectivity index is 1.54. The van der Waals surface area contributed by atoms with Crippen molar-refractivity contribution in [2.45, 2.75) is 45.7 Å². The molecule has 3 rings (SSSR count). The van der Waals surface area contributed by atoms with E-state index in [2.05, 4.69) is 65.4 Å². The van der Waals surface area contributed by atoms with Crippen molar-refractivity contribution in [2.24, 2.45) is 0 Å². The molecule has 1 amide bonds. The van der Waals surface area contributed by atoms with Crippen LogP contribution >= 0.6 is 0 Å². The molecule has 1 fully saturated rings. The monoisotopic (exact) mass is 379 g/mol. The van der Waals surface area contributed by atoms with Crippen molar-refractivity contribution in [2.75, 3.05) is 31.5 Å². The van der Waals surface area contributed by atoms with E-state index in [-0.39, 0.29) is 11.9 Å². The van der Waals surface area contributed by atoms with E-state index >= 15 is 0 Å². The predicted octanol–water partition coefficient (Wildman–Crippen LogP) is 4.34. The Morgan fingerprint density at radius 1 is 0.964 bits per heavy atom. The summed E-state index contributed by atoms with van der Waals surface area (Å²) >= 11 is 0. The van der Waals surface area contributed by atoms with Gasteiger partial charge in [0, 0.05) is 38.4 Å². The summed E-state index contributed by atoms with van der Waals surface area (Å²) < 4.78 is 0. The molecular formula is C24H33N3O. The Morgan fingerprint density at radius 2 is 1.61 bits per heavy atom. The molecule has 0 saturated carbocycles. The second kappa shape index (κ2) is 9.85. The van der Waals surface area contributed by atoms with Crippen molar-refractivity contribution < 1.29 is 4.79 Å². The number of rotatable bonds is 7. The van der Waals surface area contributed by atoms with Crippen LogP contribution in [0.3, 0.4) is 0 Å². The van der Waals surface area contributed by atoms with Gasteiger partial charge in [-0.2, -0.15) is 0 Å². The Kier molecular flexibility index (Phi) is 7.24. The zero-order valence-electron chi connectivity index (χ0n) is 17.4. The van der Waals surface area contributed by atoms with Crippen molar-refractivity contribution in [1.82, 2.24) is 9.80 Å². The van der Waals surface area contributed by atoms with Crippen LogP contribution in [0.5, 0.6) is 0 Å². The Labute approximate surface area is 169 Å². The van der Waals surface area contributed by atoms with Gasteiger partial charge in [0.25, 0.3) is 0 Å². The fourth-order valence-corrected chi connectivity index (χ4v) is 3.81. The van der Waals surface area contributed by atoms with Gasteiger partial charge in [0.05, 0.1) is 6.04 Å². The quantitative estimate of drug-likeness (QED) is 0.777. The first-order chi connectivity index (χ1) is 13.6. The summed E-state index contributed by atoms with van der Waals surface area (Å²) in [6.45, 7) is 11.2. The molecule has 2 aromatic carbocycles. The lowest BCUT2D eigenvalue weighted by molar-refractivity contribution is -0.121. The van der Waals surface area contributed by atoms with Gasteiger partial charge in [-0.1, -0.05) is 62.4 Å². The summed E-state index contributed by atoms with van der Waals surface area (Å²) in [5.41, 5.74) is 3.53. The summed E-state index contributed by atoms with van der Waals surface area (Å²) in [6.07, 6.45) is 1.06. The molecule has 0 radical (unpaired) electrons. The van der Waals surface area contributed by atoms with Crippen molar-refractivity contribution in [1.29, 1.82) is 0 Å². The average molecular weight is 380 g/mol. The average Bonchev–Trinajstić information content (AvgIpc) is 2.74. The number of carbonyl (C=O) groups is 1. The van der Waals surface area contributed by atoms with Crippen LogP contribution in [0.15, 0.2) is 54.6 Å². The van der Waals surface area contributed by atoms with Crippen molar-refractivity contribution in [3.05, 3.63) is 65.7 Å². The number of para-hydroxylation sites is 1. The SMILES string of the molecule is CC[C@@H](C)c1ccccc1NC(=O)[C@@H](C)N1CCN(Cc2ccccc2)CC1. The highest BCUT2D eigenvalue weighted by Crippen LogP contribution is 2.26. The second-order valence-corrected chi connectivity index (χ2v) is 7.86. The molecule has 1 N–H and O–H groups in total. The normalized spacial score (nSPS) is 17.8. The van der Waals surface area contributed by atoms with Crippen molar-refractivity contribution in [3.63, 3.8) is 0 Å². The number of hydrogen-bond donors (Lipinski definition) is 1. The molecule has 1 aliphatic rings. The van der Waals surface area contributed by atoms with Crippen molar-refractivity contribution in [3.8, 4) is 0 Å². The van der Waals surface area contributed by atoms with Crippen molar-refractivity contribution >= 4 is 11.6 Å². The molecule has 1 aliphatic heterocycles. The molecule has 1 heterocycles. The maximum Gasteiger partial charge on any atom is 0.241 e. The summed E-state index contributed by atoms with van der Waals surface area (Å²) in [6, 6.07) is 18.7. The molecule has 4 heteroatoms. The van der Waals surface area contributed by atoms with E-state index in [0.29, 0.717) is 5.92 Å². The Hall–Kier alpha value is -2.17. The van der Waals surface area contributed by atoms with E-state index in [0.717, 1.165) is 44.8 Å². The highest BCUT2D eigenvalue weighted by Gasteiger charge is 2.26. The molecule has 2 aromatic rings. The van der Waals surface area contributed by atoms with Crippen LogP contribution in [0.2, 0.25) is 0 Å². The van der Waals surface area contributed by atoms with E-state index in [1.54, 1.807) is 0 Å². The van der Waals surface area contributed by atoms with E-state index in [1.165, 1.54) is 11.1 Å². The van der Waals surface area contributed by atoms with Crippen LogP contribution < -0.4 is 5.32 Å². The predicted molar refractivity (Wildman–Crippen MR) is 117 cm³/mol. The zero-order chi connectivity index (χ0) is 19.9. The van der Waals surface area contributed by atoms with Gasteiger partial charge >= 0.3 is 0 Å². The van der Waals surface area contributed by atoms with Crippen LogP contribution in [-0.4, -0.2) is 47.9 Å². The molecule has 1 saturated heterocycles. The minimum atomic E-state index is -0.121. The molecule has 0 bridgehead atoms. The summed E-state index contributed by atoms with van der Waals surface area (Å²) in [5, 5.41) is 3.18. The van der Waals surface area contributed by atoms with Crippen LogP contribution in [0.1, 0.15) is 44.2 Å². The van der Waals surface area contributed by atoms with Crippen LogP contribution in [-0.2, 0) is 11.3 Å². The number of benzene rings is 2. The highest BCUT2D eigenvalue weighted by molar-refractivity contribution is 5.95. The molecule has 28 heavy (non-hydrogen) atoms. The molecule has 0 aliphatic carbocycles. The van der Waals surface area contributed by atoms with Gasteiger partial charge in [0.2, 0.25) is 5.91 Å². The number of hydrogen-bond acceptors (Lipinski definition) is 3. The van der Waals surface area contributed by atoms with Gasteiger partial charge in [0.1, 0.15) is 0 Å². The Bertz CT molecular complexity index is 753. The fraction of sp³-hybridized carbons (Fsp3) is 0.458. The third-order valence-electron chi connectivity index (χ3n) is 5.95. The van der Waals surface area contributed by atoms with Gasteiger partial charge in [-0.05, 0) is 36.5 Å². The topological polar surface area (TPSA) is 35.6 Å². The van der Waals surface area contributed by atoms with Gasteiger partial charge in [-0.15, -0.1) is 0 Å². The first-order valence-electron chi connectivity index (χ1n) is 10.5. The maximum atomic E-state index is 12.9. The largest absolute Gasteiger partial charge is 0.324 e. The third kappa shape index (κ3) is 5.21. The second-order valence-electron chi connectivity index (χ2n) is 7.86. The number of nitrogens with zero attached hydrogens (tertiary/aromatic N) is 2. The zero-order valence-corrected chi connectivity index (χ0v) is 17.4. The van der Waals surface area contributed by atoms with Gasteiger partial charge in [-0.3, -0.25) is 14.6 Å². The summed E-state index contributed by atoms with van der Waals surface area (Å²) in [4.78, 5) is 17.6. The van der Waals surface area contributed by atoms with Crippen LogP contribution in [0.25, 0.3) is 0 Å². The number of anilines is 1. The molecule has 2 atom stereocenters. The minimum absolute atomic E-state index is 0.0901. The van der Waals surface area contributed by atoms with E-state index in [4.69, 9.17) is 0 Å². The summed E-state index contributed by atoms with van der Waals surface area (Å²) in [7, 11) is 0. The van der Waals surface area contributed by atoms with Gasteiger partial charge in [0.15, 0.2) is 0 Å². The minimum Gasteiger partial charge on any atom is -0.324 e. The Morgan fingerprint density at radius 3 is 2.29 bits per heavy atom. The lowest BCUT2D eigenvalue weighted by Gasteiger charge is -2.37. The van der Waals surface area contributed by atoms with E-state index < -0.39 is 0 Å². The van der Waals surface area contributed by atoms with Gasteiger partial charge < -0.3 is 5.32 Å². The lowest BCUT2D eigenvalue weighted by Crippen LogP contribution is -2.52. The molecule has 4 nitrogen and oxygen atoms in total. The standard InChI is InChI=1S/C24H33N3O/c1-4-19(2)22-12-8-9-13-23(22)25-24(28)20(3)27-16-14-26(15-17-27)18-21-10-6-5-7-11-21/h5-13,19-20H,4,14-18H2,1-3H3,(H,25,28)/t19-,20-/m1/s1. The number of piperazine rings is 1. The van der Waals surface area contributed by atoms with Crippen LogP contribution in [0, 0.1) is 0 Å². The smallest absolute Gasteiger partial charge is 0.241 e. The van der Waals surface area contributed by atoms with E-state index in [1.807, 2.05) is 25.1 Å². The third-order valence-corrected chi connectivity index (χ3v) is 5.95. The fourth-order valence-electron chi connectivity index (χ4n) is 3.81. The maximum absolute atomic E-state index is 12.9. The van der Waals surface area contributed by atoms with Crippen LogP contribution in [0.4, 0.5) is 5.69 Å². The molecular weight excluding hydrogens is 346 g/mol. The molecule has 0 spiro atoms. The number of amides is 1. The highest BCUT2D eigenvalue weighted by atomic mass is 16.2. The first kappa shape index (κ1) is 20.6. The molecule has 0 aromatic heterocycles. The first-order valence-corrected chi connectivity index (χ1v) is 10.5. The number of nitrogens with one attached hydrogen (secondary N) is 1. The molecule has 150 valence electrons. The molecule has 0 unspecified atom stereocenters. The number of carbonyl (C=O) groups excluding carboxylic acids is 1. The van der Waals surface area contributed by atoms with Gasteiger partial charge in [-0.25, -0.2) is 0 Å². The summed E-state index contributed by atoms with van der Waals surface area (Å²) in [5.74, 6) is 0.528. The lowest BCUT2D eigenvalue weighted by atomic mass is 9.97. The van der Waals surface area contributed by atoms with E-state index in [9.17, 15) is 4.79 Å².